The van der Waals surface area contributed by atoms with E-state index in [-0.39, 0.29) is 6.54 Å². The van der Waals surface area contributed by atoms with E-state index in [1.165, 1.54) is 0 Å². The lowest BCUT2D eigenvalue weighted by molar-refractivity contribution is -0.135. The van der Waals surface area contributed by atoms with E-state index >= 15 is 0 Å². The molecule has 0 spiro atoms. The minimum Gasteiger partial charge on any atom is -0.480 e. The lowest BCUT2D eigenvalue weighted by atomic mass is 10.2. The summed E-state index contributed by atoms with van der Waals surface area (Å²) in [6, 6.07) is 0. The molecule has 88 valence electrons. The summed E-state index contributed by atoms with van der Waals surface area (Å²) >= 11 is 0. The summed E-state index contributed by atoms with van der Waals surface area (Å²) in [6.07, 6.45) is 3.19. The number of aryl methyl sites for hydroxylation is 1. The van der Waals surface area contributed by atoms with Crippen LogP contribution in [0, 0.1) is 12.8 Å². The molecule has 16 heavy (non-hydrogen) atoms. The number of carboxylic acids is 1. The quantitative estimate of drug-likeness (QED) is 0.815. The Kier molecular flexibility index (Phi) is 4.22. The molecule has 0 amide bonds. The van der Waals surface area contributed by atoms with Crippen molar-refractivity contribution in [3.8, 4) is 0 Å². The molecule has 1 heterocycles. The van der Waals surface area contributed by atoms with Crippen molar-refractivity contribution in [1.82, 2.24) is 9.97 Å². The highest BCUT2D eigenvalue weighted by Gasteiger charge is 2.15. The smallest absolute Gasteiger partial charge is 0.323 e. The van der Waals surface area contributed by atoms with Gasteiger partial charge in [-0.3, -0.25) is 9.78 Å². The maximum atomic E-state index is 10.8. The summed E-state index contributed by atoms with van der Waals surface area (Å²) in [7, 11) is 0. The van der Waals surface area contributed by atoms with Gasteiger partial charge in [0.2, 0.25) is 0 Å². The van der Waals surface area contributed by atoms with Crippen LogP contribution >= 0.6 is 0 Å². The van der Waals surface area contributed by atoms with Crippen LogP contribution in [-0.2, 0) is 4.79 Å². The van der Waals surface area contributed by atoms with Gasteiger partial charge in [0, 0.05) is 18.9 Å². The fourth-order valence-corrected chi connectivity index (χ4v) is 1.54. The van der Waals surface area contributed by atoms with Crippen molar-refractivity contribution in [2.24, 2.45) is 5.92 Å². The molecule has 5 nitrogen and oxygen atoms in total. The fraction of sp³-hybridized carbons (Fsp3) is 0.545. The maximum Gasteiger partial charge on any atom is 0.323 e. The van der Waals surface area contributed by atoms with Crippen molar-refractivity contribution < 1.29 is 9.90 Å². The highest BCUT2D eigenvalue weighted by atomic mass is 16.4. The van der Waals surface area contributed by atoms with Gasteiger partial charge >= 0.3 is 5.97 Å². The van der Waals surface area contributed by atoms with E-state index in [1.54, 1.807) is 17.3 Å². The molecule has 5 heteroatoms. The Labute approximate surface area is 95.1 Å². The van der Waals surface area contributed by atoms with Crippen molar-refractivity contribution in [3.05, 3.63) is 18.1 Å². The average Bonchev–Trinajstić information content (AvgIpc) is 2.15. The summed E-state index contributed by atoms with van der Waals surface area (Å²) in [5, 5.41) is 8.86. The molecular weight excluding hydrogens is 206 g/mol. The van der Waals surface area contributed by atoms with Gasteiger partial charge in [-0.1, -0.05) is 13.8 Å². The predicted molar refractivity (Wildman–Crippen MR) is 61.5 cm³/mol. The number of nitrogens with zero attached hydrogens (tertiary/aromatic N) is 3. The molecule has 1 rings (SSSR count). The molecule has 1 aromatic heterocycles. The van der Waals surface area contributed by atoms with Crippen molar-refractivity contribution in [1.29, 1.82) is 0 Å². The highest BCUT2D eigenvalue weighted by molar-refractivity contribution is 5.73. The van der Waals surface area contributed by atoms with E-state index < -0.39 is 5.97 Å². The third-order valence-corrected chi connectivity index (χ3v) is 2.07. The Morgan fingerprint density at radius 3 is 2.56 bits per heavy atom. The Balaban J connectivity index is 2.91. The normalized spacial score (nSPS) is 10.5. The molecule has 1 N–H and O–H groups in total. The molecule has 0 atom stereocenters. The Morgan fingerprint density at radius 1 is 1.44 bits per heavy atom. The largest absolute Gasteiger partial charge is 0.480 e. The molecule has 0 aliphatic rings. The molecule has 0 saturated heterocycles. The number of rotatable bonds is 5. The molecule has 0 saturated carbocycles. The zero-order valence-electron chi connectivity index (χ0n) is 9.84. The maximum absolute atomic E-state index is 10.8. The van der Waals surface area contributed by atoms with Gasteiger partial charge in [-0.05, 0) is 12.8 Å². The van der Waals surface area contributed by atoms with Crippen LogP contribution in [0.3, 0.4) is 0 Å². The van der Waals surface area contributed by atoms with Crippen LogP contribution in [0.1, 0.15) is 19.5 Å². The first kappa shape index (κ1) is 12.4. The van der Waals surface area contributed by atoms with E-state index in [9.17, 15) is 4.79 Å². The van der Waals surface area contributed by atoms with E-state index in [0.29, 0.717) is 18.3 Å². The first-order valence-corrected chi connectivity index (χ1v) is 5.25. The van der Waals surface area contributed by atoms with Crippen molar-refractivity contribution in [2.45, 2.75) is 20.8 Å². The van der Waals surface area contributed by atoms with Gasteiger partial charge in [-0.15, -0.1) is 0 Å². The van der Waals surface area contributed by atoms with E-state index in [1.807, 2.05) is 20.8 Å². The second-order valence-corrected chi connectivity index (χ2v) is 4.13. The minimum atomic E-state index is -0.856. The predicted octanol–water partition coefficient (Wildman–Crippen LogP) is 1.33. The second kappa shape index (κ2) is 5.44. The molecule has 0 fully saturated rings. The first-order valence-electron chi connectivity index (χ1n) is 5.25. The molecule has 0 aromatic carbocycles. The van der Waals surface area contributed by atoms with Gasteiger partial charge in [0.1, 0.15) is 6.54 Å². The number of hydrogen-bond donors (Lipinski definition) is 1. The van der Waals surface area contributed by atoms with Gasteiger partial charge in [-0.2, -0.15) is 0 Å². The summed E-state index contributed by atoms with van der Waals surface area (Å²) in [4.78, 5) is 20.8. The van der Waals surface area contributed by atoms with Crippen molar-refractivity contribution in [3.63, 3.8) is 0 Å². The molecule has 0 bridgehead atoms. The number of aromatic nitrogens is 2. The summed E-state index contributed by atoms with van der Waals surface area (Å²) in [5.74, 6) is 0.171. The van der Waals surface area contributed by atoms with Crippen LogP contribution in [0.5, 0.6) is 0 Å². The number of aliphatic carboxylic acids is 1. The van der Waals surface area contributed by atoms with Crippen LogP contribution in [0.25, 0.3) is 0 Å². The first-order chi connectivity index (χ1) is 7.50. The van der Waals surface area contributed by atoms with Crippen LogP contribution in [-0.4, -0.2) is 34.1 Å². The van der Waals surface area contributed by atoms with Gasteiger partial charge in [-0.25, -0.2) is 4.98 Å². The van der Waals surface area contributed by atoms with Crippen LogP contribution < -0.4 is 4.90 Å². The molecule has 0 unspecified atom stereocenters. The summed E-state index contributed by atoms with van der Waals surface area (Å²) in [6.45, 7) is 6.53. The number of carboxylic acid groups (broad SMARTS) is 1. The molecule has 1 aromatic rings. The van der Waals surface area contributed by atoms with E-state index in [0.717, 1.165) is 5.69 Å². The molecule has 0 aliphatic heterocycles. The topological polar surface area (TPSA) is 66.3 Å². The summed E-state index contributed by atoms with van der Waals surface area (Å²) < 4.78 is 0. The summed E-state index contributed by atoms with van der Waals surface area (Å²) in [5.41, 5.74) is 0.754. The fourth-order valence-electron chi connectivity index (χ4n) is 1.54. The van der Waals surface area contributed by atoms with Crippen LogP contribution in [0.15, 0.2) is 12.4 Å². The second-order valence-electron chi connectivity index (χ2n) is 4.13. The number of carbonyl (C=O) groups is 1. The number of anilines is 1. The van der Waals surface area contributed by atoms with Gasteiger partial charge in [0.05, 0.1) is 5.69 Å². The Morgan fingerprint density at radius 2 is 2.06 bits per heavy atom. The number of hydrogen-bond acceptors (Lipinski definition) is 4. The molecular formula is C11H17N3O2. The molecule has 0 aliphatic carbocycles. The minimum absolute atomic E-state index is 0.0439. The van der Waals surface area contributed by atoms with Crippen molar-refractivity contribution in [2.75, 3.05) is 18.0 Å². The van der Waals surface area contributed by atoms with Gasteiger partial charge in [0.15, 0.2) is 5.82 Å². The lowest BCUT2D eigenvalue weighted by Gasteiger charge is -2.24. The third kappa shape index (κ3) is 3.49. The van der Waals surface area contributed by atoms with E-state index in [4.69, 9.17) is 5.11 Å². The van der Waals surface area contributed by atoms with Gasteiger partial charge < -0.3 is 10.0 Å². The lowest BCUT2D eigenvalue weighted by Crippen LogP contribution is -2.34. The van der Waals surface area contributed by atoms with E-state index in [2.05, 4.69) is 9.97 Å². The Bertz CT molecular complexity index is 366. The zero-order chi connectivity index (χ0) is 12.1. The standard InChI is InChI=1S/C11H17N3O2/c1-8(2)6-14(7-10(15)16)11-9(3)12-4-5-13-11/h4-5,8H,6-7H2,1-3H3,(H,15,16). The Hall–Kier alpha value is -1.65. The van der Waals surface area contributed by atoms with Crippen LogP contribution in [0.2, 0.25) is 0 Å². The van der Waals surface area contributed by atoms with Crippen LogP contribution in [0.4, 0.5) is 5.82 Å². The average molecular weight is 223 g/mol. The van der Waals surface area contributed by atoms with Crippen molar-refractivity contribution >= 4 is 11.8 Å². The van der Waals surface area contributed by atoms with Gasteiger partial charge in [0.25, 0.3) is 0 Å². The SMILES string of the molecule is Cc1nccnc1N(CC(=O)O)CC(C)C. The monoisotopic (exact) mass is 223 g/mol. The molecule has 0 radical (unpaired) electrons. The third-order valence-electron chi connectivity index (χ3n) is 2.07. The zero-order valence-corrected chi connectivity index (χ0v) is 9.84. The highest BCUT2D eigenvalue weighted by Crippen LogP contribution is 2.15.